The van der Waals surface area contributed by atoms with Crippen LogP contribution in [0.2, 0.25) is 0 Å². The summed E-state index contributed by atoms with van der Waals surface area (Å²) in [4.78, 5) is 55.5. The average Bonchev–Trinajstić information content (AvgIpc) is 3.67. The fourth-order valence-corrected chi connectivity index (χ4v) is 5.79. The molecule has 6 heterocycles. The van der Waals surface area contributed by atoms with E-state index in [4.69, 9.17) is 30.0 Å². The van der Waals surface area contributed by atoms with E-state index in [0.717, 1.165) is 0 Å². The number of fused-ring (bicyclic) bond motifs is 2. The first-order valence-electron chi connectivity index (χ1n) is 12.2. The Morgan fingerprint density at radius 3 is 2.27 bits per heavy atom. The Kier molecular flexibility index (Phi) is 6.86. The van der Waals surface area contributed by atoms with Crippen molar-refractivity contribution in [2.24, 2.45) is 0 Å². The molecule has 0 aliphatic carbocycles. The number of nitrogens with two attached hydrogens (primary N) is 2. The number of nitrogens with one attached hydrogen (secondary N) is 2. The van der Waals surface area contributed by atoms with Gasteiger partial charge >= 0.3 is 7.82 Å². The number of nitrogens with zero attached hydrogens (tertiary/aromatic N) is 6. The Morgan fingerprint density at radius 2 is 1.63 bits per heavy atom. The number of aliphatic hydroxyl groups excluding tert-OH is 2. The molecule has 0 amide bonds. The molecule has 1 unspecified atom stereocenters. The van der Waals surface area contributed by atoms with Gasteiger partial charge in [-0.3, -0.25) is 37.7 Å². The maximum absolute atomic E-state index is 12.9. The number of aliphatic hydroxyl groups is 2. The van der Waals surface area contributed by atoms with Crippen LogP contribution >= 0.6 is 7.82 Å². The van der Waals surface area contributed by atoms with Gasteiger partial charge in [0.2, 0.25) is 11.9 Å². The van der Waals surface area contributed by atoms with Crippen LogP contribution in [0.5, 0.6) is 0 Å². The van der Waals surface area contributed by atoms with E-state index in [0.29, 0.717) is 0 Å². The second kappa shape index (κ2) is 10.3. The van der Waals surface area contributed by atoms with E-state index in [1.54, 1.807) is 0 Å². The minimum atomic E-state index is -4.80. The molecule has 21 heteroatoms. The number of imidazole rings is 2. The van der Waals surface area contributed by atoms with Crippen LogP contribution in [0.15, 0.2) is 22.2 Å². The maximum atomic E-state index is 12.9. The van der Waals surface area contributed by atoms with Gasteiger partial charge in [0.25, 0.3) is 11.1 Å². The lowest BCUT2D eigenvalue weighted by Gasteiger charge is -2.23. The lowest BCUT2D eigenvalue weighted by Crippen LogP contribution is -2.27. The third-order valence-corrected chi connectivity index (χ3v) is 7.72. The van der Waals surface area contributed by atoms with Crippen molar-refractivity contribution in [1.29, 1.82) is 0 Å². The summed E-state index contributed by atoms with van der Waals surface area (Å²) in [5, 5.41) is 20.2. The van der Waals surface area contributed by atoms with Gasteiger partial charge in [0.15, 0.2) is 28.6 Å². The van der Waals surface area contributed by atoms with Crippen molar-refractivity contribution in [2.45, 2.75) is 49.7 Å². The van der Waals surface area contributed by atoms with E-state index in [1.165, 1.54) is 21.8 Å². The molecule has 2 fully saturated rings. The lowest BCUT2D eigenvalue weighted by molar-refractivity contribution is -0.0593. The Bertz CT molecular complexity index is 1770. The fraction of sp³-hybridized carbons (Fsp3) is 0.500. The molecule has 0 bridgehead atoms. The first kappa shape index (κ1) is 27.4. The molecule has 220 valence electrons. The molecule has 6 rings (SSSR count). The van der Waals surface area contributed by atoms with Crippen molar-refractivity contribution in [3.05, 3.63) is 33.4 Å². The Morgan fingerprint density at radius 1 is 1.02 bits per heavy atom. The van der Waals surface area contributed by atoms with Crippen molar-refractivity contribution < 1.29 is 38.2 Å². The van der Waals surface area contributed by atoms with E-state index in [2.05, 4.69) is 29.9 Å². The van der Waals surface area contributed by atoms with E-state index in [9.17, 15) is 29.3 Å². The number of phosphoric ester groups is 1. The molecular formula is C20H25N10O10P. The Hall–Kier alpha value is -3.75. The van der Waals surface area contributed by atoms with Crippen LogP contribution in [0.3, 0.4) is 0 Å². The van der Waals surface area contributed by atoms with Crippen LogP contribution in [0, 0.1) is 0 Å². The van der Waals surface area contributed by atoms with E-state index < -0.39 is 69.0 Å². The molecule has 4 aromatic heterocycles. The smallest absolute Gasteiger partial charge is 0.394 e. The zero-order valence-corrected chi connectivity index (χ0v) is 21.8. The number of rotatable bonds is 8. The summed E-state index contributed by atoms with van der Waals surface area (Å²) in [6.07, 6.45) is -3.49. The Balaban J connectivity index is 1.15. The van der Waals surface area contributed by atoms with Crippen LogP contribution in [0.25, 0.3) is 22.3 Å². The SMILES string of the molecule is Nc1nc2c(ncn2[C@@H]2O[C@H](CO)C[C@H]2OP(=O)(O)OC[C@H]2O[C@@H](n3cnc4c(=O)[nH]c(N)nc43)C[C@@H]2O)c(=O)[nH]1. The standard InChI is InChI=1S/C20H25N10O10P/c21-19-25-14-12(16(33)27-19)23-5-29(14)11-2-8(32)10(39-11)4-37-41(35,36)40-9-1-7(3-31)38-18(9)30-6-24-13-15(30)26-20(22)28-17(13)34/h5-11,18,31-32H,1-4H2,(H,35,36)(H3,21,25,27,33)(H3,22,26,28,34)/t7-,8-,9+,10+,11+,18+/m0/s1. The summed E-state index contributed by atoms with van der Waals surface area (Å²) in [6, 6.07) is 0. The largest absolute Gasteiger partial charge is 0.472 e. The minimum absolute atomic E-state index is 0.0129. The van der Waals surface area contributed by atoms with Crippen molar-refractivity contribution in [3.63, 3.8) is 0 Å². The highest BCUT2D eigenvalue weighted by Crippen LogP contribution is 2.50. The van der Waals surface area contributed by atoms with Crippen molar-refractivity contribution in [3.8, 4) is 0 Å². The molecule has 41 heavy (non-hydrogen) atoms. The van der Waals surface area contributed by atoms with E-state index in [1.807, 2.05) is 0 Å². The number of hydrogen-bond acceptors (Lipinski definition) is 15. The van der Waals surface area contributed by atoms with Crippen LogP contribution in [0.4, 0.5) is 11.9 Å². The summed E-state index contributed by atoms with van der Waals surface area (Å²) in [7, 11) is -4.80. The summed E-state index contributed by atoms with van der Waals surface area (Å²) in [5.41, 5.74) is 10.3. The normalized spacial score (nSPS) is 28.1. The minimum Gasteiger partial charge on any atom is -0.394 e. The number of H-pyrrole nitrogens is 2. The summed E-state index contributed by atoms with van der Waals surface area (Å²) >= 11 is 0. The first-order chi connectivity index (χ1) is 19.5. The summed E-state index contributed by atoms with van der Waals surface area (Å²) in [6.45, 7) is -0.966. The molecule has 0 spiro atoms. The third kappa shape index (κ3) is 5.11. The van der Waals surface area contributed by atoms with Gasteiger partial charge in [0, 0.05) is 12.8 Å². The predicted molar refractivity (Wildman–Crippen MR) is 136 cm³/mol. The zero-order valence-electron chi connectivity index (χ0n) is 20.9. The molecule has 0 aromatic carbocycles. The van der Waals surface area contributed by atoms with Crippen LogP contribution in [-0.4, -0.2) is 91.8 Å². The van der Waals surface area contributed by atoms with E-state index in [-0.39, 0.29) is 47.1 Å². The van der Waals surface area contributed by atoms with Gasteiger partial charge in [-0.25, -0.2) is 14.5 Å². The summed E-state index contributed by atoms with van der Waals surface area (Å²) < 4.78 is 37.8. The number of aromatic amines is 2. The molecule has 2 saturated heterocycles. The van der Waals surface area contributed by atoms with Gasteiger partial charge in [0.05, 0.1) is 38.1 Å². The van der Waals surface area contributed by atoms with E-state index >= 15 is 0 Å². The molecule has 9 N–H and O–H groups in total. The van der Waals surface area contributed by atoms with Crippen molar-refractivity contribution in [1.82, 2.24) is 39.0 Å². The fourth-order valence-electron chi connectivity index (χ4n) is 4.86. The second-order valence-electron chi connectivity index (χ2n) is 9.46. The molecule has 2 aliphatic heterocycles. The van der Waals surface area contributed by atoms with Gasteiger partial charge in [-0.05, 0) is 0 Å². The molecule has 0 saturated carbocycles. The van der Waals surface area contributed by atoms with Gasteiger partial charge in [-0.1, -0.05) is 0 Å². The molecule has 4 aromatic rings. The van der Waals surface area contributed by atoms with Crippen LogP contribution in [-0.2, 0) is 23.1 Å². The molecule has 7 atom stereocenters. The number of hydrogen-bond donors (Lipinski definition) is 7. The Labute approximate surface area is 227 Å². The lowest BCUT2D eigenvalue weighted by atomic mass is 10.2. The van der Waals surface area contributed by atoms with Crippen molar-refractivity contribution in [2.75, 3.05) is 24.7 Å². The highest BCUT2D eigenvalue weighted by Gasteiger charge is 2.44. The zero-order chi connectivity index (χ0) is 29.1. The van der Waals surface area contributed by atoms with Gasteiger partial charge in [-0.15, -0.1) is 0 Å². The molecule has 2 aliphatic rings. The highest BCUT2D eigenvalue weighted by molar-refractivity contribution is 7.47. The monoisotopic (exact) mass is 596 g/mol. The highest BCUT2D eigenvalue weighted by atomic mass is 31.2. The molecule has 0 radical (unpaired) electrons. The van der Waals surface area contributed by atoms with Crippen molar-refractivity contribution >= 4 is 42.0 Å². The summed E-state index contributed by atoms with van der Waals surface area (Å²) in [5.74, 6) is -0.314. The number of nitrogen functional groups attached to an aromatic ring is 2. The second-order valence-corrected chi connectivity index (χ2v) is 10.9. The predicted octanol–water partition coefficient (Wildman–Crippen LogP) is -2.15. The van der Waals surface area contributed by atoms with Crippen LogP contribution < -0.4 is 22.6 Å². The molecular weight excluding hydrogens is 571 g/mol. The topological polar surface area (TPSA) is 294 Å². The average molecular weight is 596 g/mol. The van der Waals surface area contributed by atoms with Gasteiger partial charge in [-0.2, -0.15) is 9.97 Å². The number of ether oxygens (including phenoxy) is 2. The van der Waals surface area contributed by atoms with Gasteiger partial charge in [0.1, 0.15) is 18.4 Å². The third-order valence-electron chi connectivity index (χ3n) is 6.71. The van der Waals surface area contributed by atoms with Crippen LogP contribution in [0.1, 0.15) is 25.3 Å². The number of aromatic nitrogens is 8. The number of anilines is 2. The first-order valence-corrected chi connectivity index (χ1v) is 13.7. The molecule has 20 nitrogen and oxygen atoms in total. The van der Waals surface area contributed by atoms with Gasteiger partial charge < -0.3 is 36.0 Å². The number of phosphoric acid groups is 1. The maximum Gasteiger partial charge on any atom is 0.472 e. The quantitative estimate of drug-likeness (QED) is 0.107.